The lowest BCUT2D eigenvalue weighted by Gasteiger charge is -2.27. The summed E-state index contributed by atoms with van der Waals surface area (Å²) in [5.41, 5.74) is 0. The first-order valence-electron chi connectivity index (χ1n) is 6.51. The number of hydrogen-bond acceptors (Lipinski definition) is 3. The topological polar surface area (TPSA) is 44.1 Å². The molecule has 0 spiro atoms. The van der Waals surface area contributed by atoms with Crippen molar-refractivity contribution in [1.29, 1.82) is 5.26 Å². The Kier molecular flexibility index (Phi) is 6.43. The van der Waals surface area contributed by atoms with Gasteiger partial charge in [0.2, 0.25) is 5.91 Å². The van der Waals surface area contributed by atoms with Crippen LogP contribution in [-0.2, 0) is 4.79 Å². The van der Waals surface area contributed by atoms with Crippen molar-refractivity contribution in [2.24, 2.45) is 5.92 Å². The minimum Gasteiger partial charge on any atom is -0.343 e. The number of rotatable bonds is 5. The molecule has 0 heterocycles. The molecule has 4 heteroatoms. The maximum atomic E-state index is 11.9. The molecule has 0 aromatic carbocycles. The molecule has 96 valence electrons. The van der Waals surface area contributed by atoms with Gasteiger partial charge in [-0.1, -0.05) is 12.8 Å². The summed E-state index contributed by atoms with van der Waals surface area (Å²) in [4.78, 5) is 13.7. The molecule has 3 nitrogen and oxygen atoms in total. The molecule has 1 fully saturated rings. The van der Waals surface area contributed by atoms with Gasteiger partial charge in [0.15, 0.2) is 0 Å². The molecule has 0 saturated heterocycles. The minimum absolute atomic E-state index is 0.151. The van der Waals surface area contributed by atoms with E-state index < -0.39 is 0 Å². The maximum Gasteiger partial charge on any atom is 0.232 e. The van der Waals surface area contributed by atoms with Crippen LogP contribution in [0.5, 0.6) is 0 Å². The molecule has 0 radical (unpaired) electrons. The number of carbonyl (C=O) groups excluding carboxylic acids is 1. The van der Waals surface area contributed by atoms with Crippen molar-refractivity contribution in [2.75, 3.05) is 18.8 Å². The van der Waals surface area contributed by atoms with Gasteiger partial charge in [0, 0.05) is 18.3 Å². The fraction of sp³-hybridized carbons (Fsp3) is 0.846. The lowest BCUT2D eigenvalue weighted by molar-refractivity contribution is -0.127. The fourth-order valence-corrected chi connectivity index (χ4v) is 3.59. The van der Waals surface area contributed by atoms with Crippen molar-refractivity contribution in [2.45, 2.75) is 44.8 Å². The van der Waals surface area contributed by atoms with Crippen molar-refractivity contribution in [3.8, 4) is 6.07 Å². The Morgan fingerprint density at radius 2 is 2.00 bits per heavy atom. The summed E-state index contributed by atoms with van der Waals surface area (Å²) < 4.78 is 0. The molecule has 2 unspecified atom stereocenters. The van der Waals surface area contributed by atoms with Crippen molar-refractivity contribution >= 4 is 17.7 Å². The van der Waals surface area contributed by atoms with Crippen LogP contribution < -0.4 is 0 Å². The Labute approximate surface area is 109 Å². The van der Waals surface area contributed by atoms with E-state index in [0.29, 0.717) is 11.0 Å². The Bertz CT molecular complexity index is 284. The highest BCUT2D eigenvalue weighted by Crippen LogP contribution is 2.33. The number of nitrogens with zero attached hydrogens (tertiary/aromatic N) is 2. The summed E-state index contributed by atoms with van der Waals surface area (Å²) in [5, 5.41) is 9.44. The molecule has 1 amide bonds. The molecule has 2 atom stereocenters. The van der Waals surface area contributed by atoms with Crippen LogP contribution in [0.2, 0.25) is 0 Å². The average Bonchev–Trinajstić information content (AvgIpc) is 2.38. The summed E-state index contributed by atoms with van der Waals surface area (Å²) in [6.07, 6.45) is 4.47. The molecule has 1 saturated carbocycles. The van der Waals surface area contributed by atoms with Crippen molar-refractivity contribution < 1.29 is 4.79 Å². The number of nitriles is 1. The molecule has 0 N–H and O–H groups in total. The van der Waals surface area contributed by atoms with E-state index in [4.69, 9.17) is 5.26 Å². The first-order valence-corrected chi connectivity index (χ1v) is 7.56. The summed E-state index contributed by atoms with van der Waals surface area (Å²) in [7, 11) is 0. The second kappa shape index (κ2) is 7.60. The molecule has 1 aliphatic carbocycles. The third kappa shape index (κ3) is 4.23. The molecule has 1 aliphatic rings. The lowest BCUT2D eigenvalue weighted by Crippen LogP contribution is -2.33. The summed E-state index contributed by atoms with van der Waals surface area (Å²) in [6, 6.07) is 2.39. The third-order valence-electron chi connectivity index (χ3n) is 3.41. The Hall–Kier alpha value is -0.690. The molecule has 17 heavy (non-hydrogen) atoms. The van der Waals surface area contributed by atoms with Crippen LogP contribution >= 0.6 is 11.8 Å². The second-order valence-corrected chi connectivity index (χ2v) is 5.66. The van der Waals surface area contributed by atoms with Crippen molar-refractivity contribution in [1.82, 2.24) is 4.90 Å². The van der Waals surface area contributed by atoms with Crippen LogP contribution in [-0.4, -0.2) is 34.9 Å². The molecule has 0 aromatic rings. The van der Waals surface area contributed by atoms with Gasteiger partial charge < -0.3 is 4.90 Å². The Balaban J connectivity index is 2.38. The van der Waals surface area contributed by atoms with Gasteiger partial charge in [-0.3, -0.25) is 4.79 Å². The normalized spacial score (nSPS) is 24.1. The molecule has 0 aliphatic heterocycles. The summed E-state index contributed by atoms with van der Waals surface area (Å²) in [5.74, 6) is 0.894. The van der Waals surface area contributed by atoms with E-state index in [1.165, 1.54) is 12.8 Å². The number of amides is 1. The highest BCUT2D eigenvalue weighted by Gasteiger charge is 2.26. The number of thioether (sulfide) groups is 1. The van der Waals surface area contributed by atoms with Gasteiger partial charge in [-0.2, -0.15) is 5.26 Å². The van der Waals surface area contributed by atoms with Gasteiger partial charge in [0.25, 0.3) is 0 Å². The van der Waals surface area contributed by atoms with Crippen LogP contribution in [0.1, 0.15) is 39.5 Å². The van der Waals surface area contributed by atoms with Crippen LogP contribution in [0.3, 0.4) is 0 Å². The predicted molar refractivity (Wildman–Crippen MR) is 71.7 cm³/mol. The highest BCUT2D eigenvalue weighted by atomic mass is 32.2. The van der Waals surface area contributed by atoms with Crippen LogP contribution in [0.4, 0.5) is 0 Å². The SMILES string of the molecule is CCN(CC)C(=O)CSC1CCCCC1C#N. The fourth-order valence-electron chi connectivity index (χ4n) is 2.29. The van der Waals surface area contributed by atoms with Crippen LogP contribution in [0.25, 0.3) is 0 Å². The van der Waals surface area contributed by atoms with Crippen LogP contribution in [0.15, 0.2) is 0 Å². The Morgan fingerprint density at radius 3 is 2.59 bits per heavy atom. The van der Waals surface area contributed by atoms with Gasteiger partial charge in [0.1, 0.15) is 0 Å². The molecule has 0 bridgehead atoms. The highest BCUT2D eigenvalue weighted by molar-refractivity contribution is 8.00. The van der Waals surface area contributed by atoms with E-state index in [9.17, 15) is 4.79 Å². The van der Waals surface area contributed by atoms with Gasteiger partial charge in [-0.25, -0.2) is 0 Å². The summed E-state index contributed by atoms with van der Waals surface area (Å²) >= 11 is 1.68. The quantitative estimate of drug-likeness (QED) is 0.757. The zero-order valence-corrected chi connectivity index (χ0v) is 11.6. The smallest absolute Gasteiger partial charge is 0.232 e. The summed E-state index contributed by atoms with van der Waals surface area (Å²) in [6.45, 7) is 5.57. The van der Waals surface area contributed by atoms with Gasteiger partial charge >= 0.3 is 0 Å². The maximum absolute atomic E-state index is 11.9. The third-order valence-corrected chi connectivity index (χ3v) is 4.81. The predicted octanol–water partition coefficient (Wildman–Crippen LogP) is 2.67. The number of hydrogen-bond donors (Lipinski definition) is 0. The van der Waals surface area contributed by atoms with E-state index >= 15 is 0 Å². The van der Waals surface area contributed by atoms with Gasteiger partial charge in [-0.05, 0) is 26.7 Å². The minimum atomic E-state index is 0.151. The first-order chi connectivity index (χ1) is 8.22. The largest absolute Gasteiger partial charge is 0.343 e. The van der Waals surface area contributed by atoms with Crippen molar-refractivity contribution in [3.63, 3.8) is 0 Å². The lowest BCUT2D eigenvalue weighted by atomic mass is 9.90. The van der Waals surface area contributed by atoms with Gasteiger partial charge in [-0.15, -0.1) is 11.8 Å². The van der Waals surface area contributed by atoms with E-state index in [2.05, 4.69) is 6.07 Å². The zero-order chi connectivity index (χ0) is 12.7. The molecule has 1 rings (SSSR count). The van der Waals surface area contributed by atoms with Crippen molar-refractivity contribution in [3.05, 3.63) is 0 Å². The van der Waals surface area contributed by atoms with Gasteiger partial charge in [0.05, 0.1) is 17.7 Å². The van der Waals surface area contributed by atoms with Crippen LogP contribution in [0, 0.1) is 17.2 Å². The zero-order valence-electron chi connectivity index (χ0n) is 10.8. The standard InChI is InChI=1S/C13H22N2OS/c1-3-15(4-2)13(16)10-17-12-8-6-5-7-11(12)9-14/h11-12H,3-8,10H2,1-2H3. The van der Waals surface area contributed by atoms with E-state index in [0.717, 1.165) is 25.9 Å². The average molecular weight is 254 g/mol. The molecular formula is C13H22N2OS. The monoisotopic (exact) mass is 254 g/mol. The molecular weight excluding hydrogens is 232 g/mol. The van der Waals surface area contributed by atoms with E-state index in [1.807, 2.05) is 18.7 Å². The number of carbonyl (C=O) groups is 1. The van der Waals surface area contributed by atoms with E-state index in [1.54, 1.807) is 11.8 Å². The van der Waals surface area contributed by atoms with E-state index in [-0.39, 0.29) is 11.8 Å². The Morgan fingerprint density at radius 1 is 1.35 bits per heavy atom. The molecule has 0 aromatic heterocycles. The second-order valence-electron chi connectivity index (χ2n) is 4.44. The first kappa shape index (κ1) is 14.4.